The Morgan fingerprint density at radius 3 is 2.47 bits per heavy atom. The fourth-order valence-electron chi connectivity index (χ4n) is 2.26. The smallest absolute Gasteiger partial charge is 0.207 e. The number of halogens is 3. The highest BCUT2D eigenvalue weighted by Gasteiger charge is 2.34. The van der Waals surface area contributed by atoms with Crippen LogP contribution in [0.2, 0.25) is 0 Å². The summed E-state index contributed by atoms with van der Waals surface area (Å²) in [6, 6.07) is 1.12. The van der Waals surface area contributed by atoms with E-state index in [2.05, 4.69) is 0 Å². The highest BCUT2D eigenvalue weighted by atomic mass is 32.2. The Hall–Kier alpha value is -1.08. The van der Waals surface area contributed by atoms with E-state index in [-0.39, 0.29) is 12.6 Å². The molecule has 19 heavy (non-hydrogen) atoms. The van der Waals surface area contributed by atoms with E-state index in [0.717, 1.165) is 16.8 Å². The lowest BCUT2D eigenvalue weighted by Gasteiger charge is -2.32. The molecular weight excluding hydrogens is 279 g/mol. The average molecular weight is 293 g/mol. The summed E-state index contributed by atoms with van der Waals surface area (Å²) in [5.41, 5.74) is 0. The van der Waals surface area contributed by atoms with Crippen LogP contribution in [0.3, 0.4) is 0 Å². The minimum absolute atomic E-state index is 0.266. The number of hydrogen-bond donors (Lipinski definition) is 0. The van der Waals surface area contributed by atoms with Gasteiger partial charge in [0.25, 0.3) is 0 Å². The molecule has 3 nitrogen and oxygen atoms in total. The molecule has 1 aliphatic heterocycles. The van der Waals surface area contributed by atoms with Crippen molar-refractivity contribution < 1.29 is 21.6 Å². The lowest BCUT2D eigenvalue weighted by Crippen LogP contribution is -2.42. The van der Waals surface area contributed by atoms with E-state index in [9.17, 15) is 21.6 Å². The molecule has 106 valence electrons. The zero-order valence-electron chi connectivity index (χ0n) is 10.4. The number of benzene rings is 1. The topological polar surface area (TPSA) is 37.4 Å². The van der Waals surface area contributed by atoms with Gasteiger partial charge in [-0.05, 0) is 31.9 Å². The SMILES string of the molecule is CC1CCCCN1S(=O)(=O)c1ccc(F)c(F)c1F. The first-order valence-corrected chi connectivity index (χ1v) is 7.45. The first-order valence-electron chi connectivity index (χ1n) is 6.01. The number of hydrogen-bond acceptors (Lipinski definition) is 2. The van der Waals surface area contributed by atoms with Crippen LogP contribution in [0.15, 0.2) is 17.0 Å². The minimum Gasteiger partial charge on any atom is -0.207 e. The summed E-state index contributed by atoms with van der Waals surface area (Å²) in [7, 11) is -4.13. The van der Waals surface area contributed by atoms with Gasteiger partial charge in [-0.25, -0.2) is 21.6 Å². The zero-order valence-corrected chi connectivity index (χ0v) is 11.2. The highest BCUT2D eigenvalue weighted by molar-refractivity contribution is 7.89. The standard InChI is InChI=1S/C12H14F3NO2S/c1-8-4-2-3-7-16(8)19(17,18)10-6-5-9(13)11(14)12(10)15/h5-6,8H,2-4,7H2,1H3. The largest absolute Gasteiger partial charge is 0.246 e. The van der Waals surface area contributed by atoms with Crippen molar-refractivity contribution in [3.63, 3.8) is 0 Å². The van der Waals surface area contributed by atoms with Gasteiger partial charge >= 0.3 is 0 Å². The van der Waals surface area contributed by atoms with Crippen LogP contribution >= 0.6 is 0 Å². The molecule has 1 saturated heterocycles. The molecule has 0 amide bonds. The maximum atomic E-state index is 13.6. The Labute approximate surface area is 110 Å². The second-order valence-electron chi connectivity index (χ2n) is 4.63. The summed E-state index contributed by atoms with van der Waals surface area (Å²) in [5.74, 6) is -4.81. The number of piperidine rings is 1. The molecule has 1 aromatic carbocycles. The summed E-state index contributed by atoms with van der Waals surface area (Å²) >= 11 is 0. The van der Waals surface area contributed by atoms with Gasteiger partial charge in [0.05, 0.1) is 0 Å². The fraction of sp³-hybridized carbons (Fsp3) is 0.500. The molecule has 7 heteroatoms. The summed E-state index contributed by atoms with van der Waals surface area (Å²) in [6.07, 6.45) is 2.24. The van der Waals surface area contributed by atoms with Crippen LogP contribution in [-0.4, -0.2) is 25.3 Å². The molecule has 0 spiro atoms. The van der Waals surface area contributed by atoms with E-state index in [1.165, 1.54) is 0 Å². The van der Waals surface area contributed by atoms with E-state index in [1.54, 1.807) is 6.92 Å². The summed E-state index contributed by atoms with van der Waals surface area (Å²) in [4.78, 5) is -0.805. The predicted molar refractivity (Wildman–Crippen MR) is 63.5 cm³/mol. The summed E-state index contributed by atoms with van der Waals surface area (Å²) in [5, 5.41) is 0. The van der Waals surface area contributed by atoms with Gasteiger partial charge < -0.3 is 0 Å². The second kappa shape index (κ2) is 5.13. The fourth-order valence-corrected chi connectivity index (χ4v) is 4.02. The van der Waals surface area contributed by atoms with E-state index < -0.39 is 32.4 Å². The van der Waals surface area contributed by atoms with Crippen molar-refractivity contribution in [1.29, 1.82) is 0 Å². The Kier molecular flexibility index (Phi) is 3.87. The number of rotatable bonds is 2. The monoisotopic (exact) mass is 293 g/mol. The van der Waals surface area contributed by atoms with Crippen molar-refractivity contribution in [2.45, 2.75) is 37.1 Å². The molecule has 0 saturated carbocycles. The van der Waals surface area contributed by atoms with E-state index in [0.29, 0.717) is 18.9 Å². The van der Waals surface area contributed by atoms with Crippen LogP contribution in [0.5, 0.6) is 0 Å². The van der Waals surface area contributed by atoms with Crippen molar-refractivity contribution >= 4 is 10.0 Å². The van der Waals surface area contributed by atoms with Gasteiger partial charge in [-0.2, -0.15) is 4.31 Å². The van der Waals surface area contributed by atoms with Gasteiger partial charge in [0.2, 0.25) is 10.0 Å². The van der Waals surface area contributed by atoms with Gasteiger partial charge in [0.15, 0.2) is 17.5 Å². The molecule has 1 atom stereocenters. The minimum atomic E-state index is -4.13. The molecule has 2 rings (SSSR count). The van der Waals surface area contributed by atoms with Crippen molar-refractivity contribution in [2.24, 2.45) is 0 Å². The molecule has 1 fully saturated rings. The Morgan fingerprint density at radius 2 is 1.84 bits per heavy atom. The van der Waals surface area contributed by atoms with Gasteiger partial charge in [-0.3, -0.25) is 0 Å². The van der Waals surface area contributed by atoms with Crippen LogP contribution < -0.4 is 0 Å². The lowest BCUT2D eigenvalue weighted by molar-refractivity contribution is 0.267. The summed E-state index contributed by atoms with van der Waals surface area (Å²) in [6.45, 7) is 1.98. The first-order chi connectivity index (χ1) is 8.85. The van der Waals surface area contributed by atoms with Crippen LogP contribution in [0.25, 0.3) is 0 Å². The molecule has 0 aliphatic carbocycles. The normalized spacial score (nSPS) is 21.6. The molecule has 0 bridgehead atoms. The second-order valence-corrected chi connectivity index (χ2v) is 6.49. The molecule has 0 N–H and O–H groups in total. The van der Waals surface area contributed by atoms with Gasteiger partial charge in [0, 0.05) is 12.6 Å². The van der Waals surface area contributed by atoms with Gasteiger partial charge in [0.1, 0.15) is 4.90 Å². The Bertz CT molecular complexity index is 589. The van der Waals surface area contributed by atoms with Crippen molar-refractivity contribution in [1.82, 2.24) is 4.31 Å². The molecular formula is C12H14F3NO2S. The number of nitrogens with zero attached hydrogens (tertiary/aromatic N) is 1. The third kappa shape index (κ3) is 2.49. The molecule has 0 radical (unpaired) electrons. The van der Waals surface area contributed by atoms with Gasteiger partial charge in [-0.1, -0.05) is 6.42 Å². The van der Waals surface area contributed by atoms with E-state index >= 15 is 0 Å². The van der Waals surface area contributed by atoms with Gasteiger partial charge in [-0.15, -0.1) is 0 Å². The quantitative estimate of drug-likeness (QED) is 0.786. The molecule has 1 heterocycles. The zero-order chi connectivity index (χ0) is 14.2. The molecule has 1 aliphatic rings. The van der Waals surface area contributed by atoms with Crippen LogP contribution in [-0.2, 0) is 10.0 Å². The lowest BCUT2D eigenvalue weighted by atomic mass is 10.1. The third-order valence-electron chi connectivity index (χ3n) is 3.33. The Morgan fingerprint density at radius 1 is 1.16 bits per heavy atom. The van der Waals surface area contributed by atoms with E-state index in [4.69, 9.17) is 0 Å². The van der Waals surface area contributed by atoms with Crippen molar-refractivity contribution in [3.8, 4) is 0 Å². The van der Waals surface area contributed by atoms with Crippen molar-refractivity contribution in [3.05, 3.63) is 29.6 Å². The van der Waals surface area contributed by atoms with Crippen LogP contribution in [0.4, 0.5) is 13.2 Å². The molecule has 0 aromatic heterocycles. The first kappa shape index (κ1) is 14.3. The average Bonchev–Trinajstić information content (AvgIpc) is 2.36. The molecule has 1 unspecified atom stereocenters. The number of sulfonamides is 1. The van der Waals surface area contributed by atoms with E-state index in [1.807, 2.05) is 0 Å². The van der Waals surface area contributed by atoms with Crippen molar-refractivity contribution in [2.75, 3.05) is 6.54 Å². The van der Waals surface area contributed by atoms with Crippen LogP contribution in [0.1, 0.15) is 26.2 Å². The molecule has 1 aromatic rings. The summed E-state index contributed by atoms with van der Waals surface area (Å²) < 4.78 is 65.3. The maximum Gasteiger partial charge on any atom is 0.246 e. The highest BCUT2D eigenvalue weighted by Crippen LogP contribution is 2.28. The Balaban J connectivity index is 2.48. The van der Waals surface area contributed by atoms with Crippen LogP contribution in [0, 0.1) is 17.5 Å². The predicted octanol–water partition coefficient (Wildman–Crippen LogP) is 2.67. The third-order valence-corrected chi connectivity index (χ3v) is 5.36. The maximum absolute atomic E-state index is 13.6.